The van der Waals surface area contributed by atoms with Crippen LogP contribution in [0.25, 0.3) is 0 Å². The molecular formula is C41H56O3. The Morgan fingerprint density at radius 1 is 0.955 bits per heavy atom. The van der Waals surface area contributed by atoms with Crippen LogP contribution in [0.15, 0.2) is 59.7 Å². The van der Waals surface area contributed by atoms with Crippen LogP contribution in [0.1, 0.15) is 129 Å². The van der Waals surface area contributed by atoms with Crippen molar-refractivity contribution in [2.24, 2.45) is 23.2 Å². The molecule has 1 heterocycles. The summed E-state index contributed by atoms with van der Waals surface area (Å²) in [5.74, 6) is 3.81. The van der Waals surface area contributed by atoms with Crippen molar-refractivity contribution in [2.75, 3.05) is 13.7 Å². The Morgan fingerprint density at radius 3 is 2.41 bits per heavy atom. The highest BCUT2D eigenvalue weighted by atomic mass is 16.5. The van der Waals surface area contributed by atoms with E-state index in [0.717, 1.165) is 80.1 Å². The largest absolute Gasteiger partial charge is 0.493 e. The van der Waals surface area contributed by atoms with Gasteiger partial charge in [0.1, 0.15) is 5.75 Å². The third-order valence-electron chi connectivity index (χ3n) is 11.7. The first kappa shape index (κ1) is 32.7. The quantitative estimate of drug-likeness (QED) is 0.255. The van der Waals surface area contributed by atoms with Crippen molar-refractivity contribution in [2.45, 2.75) is 117 Å². The molecule has 3 heteroatoms. The van der Waals surface area contributed by atoms with Gasteiger partial charge in [-0.1, -0.05) is 67.0 Å². The zero-order valence-electron chi connectivity index (χ0n) is 28.1. The summed E-state index contributed by atoms with van der Waals surface area (Å²) in [5, 5.41) is 7.00. The summed E-state index contributed by atoms with van der Waals surface area (Å²) in [6.45, 7) is 9.89. The third-order valence-corrected chi connectivity index (χ3v) is 11.7. The molecule has 238 valence electrons. The minimum absolute atomic E-state index is 0.199. The van der Waals surface area contributed by atoms with E-state index < -0.39 is 0 Å². The molecule has 0 radical (unpaired) electrons. The number of aliphatic hydroxyl groups is 1. The molecule has 2 aromatic rings. The van der Waals surface area contributed by atoms with Crippen molar-refractivity contribution in [3.05, 3.63) is 87.5 Å². The summed E-state index contributed by atoms with van der Waals surface area (Å²) in [7, 11) is 1.00. The van der Waals surface area contributed by atoms with Gasteiger partial charge < -0.3 is 9.84 Å². The zero-order chi connectivity index (χ0) is 31.3. The average Bonchev–Trinajstić information content (AvgIpc) is 3.29. The van der Waals surface area contributed by atoms with Gasteiger partial charge in [0.2, 0.25) is 0 Å². The molecule has 0 amide bonds. The van der Waals surface area contributed by atoms with Crippen LogP contribution in [0.3, 0.4) is 0 Å². The molecule has 3 nitrogen and oxygen atoms in total. The second kappa shape index (κ2) is 14.6. The topological polar surface area (TPSA) is 46.5 Å². The van der Waals surface area contributed by atoms with Crippen molar-refractivity contribution in [1.82, 2.24) is 0 Å². The number of carbonyl (C=O) groups is 1. The Labute approximate surface area is 267 Å². The average molecular weight is 597 g/mol. The highest BCUT2D eigenvalue weighted by Crippen LogP contribution is 2.51. The van der Waals surface area contributed by atoms with Crippen LogP contribution in [0.2, 0.25) is 0 Å². The van der Waals surface area contributed by atoms with Crippen LogP contribution in [-0.4, -0.2) is 24.6 Å². The molecule has 1 N–H and O–H groups in total. The Bertz CT molecular complexity index is 1340. The highest BCUT2D eigenvalue weighted by molar-refractivity contribution is 6.00. The monoisotopic (exact) mass is 596 g/mol. The molecule has 44 heavy (non-hydrogen) atoms. The van der Waals surface area contributed by atoms with Crippen molar-refractivity contribution in [3.8, 4) is 5.75 Å². The predicted molar refractivity (Wildman–Crippen MR) is 183 cm³/mol. The number of ether oxygens (including phenoxy) is 1. The SMILES string of the molecule is CC1=CC(CC(c2ccc3c(c2)CCCO3)C2CCCC(C3(C)CCC(C(=O)c4c(C)cccc4C)CC3)CC2)=CC1.CO. The summed E-state index contributed by atoms with van der Waals surface area (Å²) in [5.41, 5.74) is 9.66. The highest BCUT2D eigenvalue weighted by Gasteiger charge is 2.41. The fourth-order valence-electron chi connectivity index (χ4n) is 9.07. The molecule has 2 fully saturated rings. The number of fused-ring (bicyclic) bond motifs is 1. The third kappa shape index (κ3) is 7.25. The summed E-state index contributed by atoms with van der Waals surface area (Å²) in [4.78, 5) is 13.6. The lowest BCUT2D eigenvalue weighted by molar-refractivity contribution is 0.0642. The number of ketones is 1. The van der Waals surface area contributed by atoms with Gasteiger partial charge in [-0.05, 0) is 149 Å². The minimum Gasteiger partial charge on any atom is -0.493 e. The van der Waals surface area contributed by atoms with Gasteiger partial charge in [0.25, 0.3) is 0 Å². The number of rotatable bonds is 7. The molecule has 1 aliphatic heterocycles. The van der Waals surface area contributed by atoms with Crippen LogP contribution >= 0.6 is 0 Å². The van der Waals surface area contributed by atoms with Crippen LogP contribution in [0.5, 0.6) is 5.75 Å². The first-order valence-electron chi connectivity index (χ1n) is 17.5. The number of hydrogen-bond acceptors (Lipinski definition) is 3. The Morgan fingerprint density at radius 2 is 1.70 bits per heavy atom. The zero-order valence-corrected chi connectivity index (χ0v) is 28.1. The van der Waals surface area contributed by atoms with Gasteiger partial charge in [0, 0.05) is 18.6 Å². The molecule has 2 aromatic carbocycles. The van der Waals surface area contributed by atoms with Crippen molar-refractivity contribution in [1.29, 1.82) is 0 Å². The fourth-order valence-corrected chi connectivity index (χ4v) is 9.07. The van der Waals surface area contributed by atoms with E-state index in [1.807, 2.05) is 0 Å². The first-order valence-corrected chi connectivity index (χ1v) is 17.5. The molecule has 0 bridgehead atoms. The molecule has 3 aliphatic carbocycles. The van der Waals surface area contributed by atoms with Crippen LogP contribution < -0.4 is 4.74 Å². The van der Waals surface area contributed by atoms with Gasteiger partial charge in [-0.3, -0.25) is 4.79 Å². The molecule has 0 spiro atoms. The number of Topliss-reactive ketones (excluding diaryl/α,β-unsaturated/α-hetero) is 1. The van der Waals surface area contributed by atoms with E-state index in [1.54, 1.807) is 11.1 Å². The summed E-state index contributed by atoms with van der Waals surface area (Å²) < 4.78 is 5.98. The maximum atomic E-state index is 13.6. The van der Waals surface area contributed by atoms with Gasteiger partial charge in [-0.2, -0.15) is 0 Å². The number of hydrogen-bond donors (Lipinski definition) is 1. The van der Waals surface area contributed by atoms with Crippen LogP contribution in [0, 0.1) is 37.0 Å². The molecule has 4 aliphatic rings. The summed E-state index contributed by atoms with van der Waals surface area (Å²) >= 11 is 0. The lowest BCUT2D eigenvalue weighted by Gasteiger charge is -2.43. The van der Waals surface area contributed by atoms with Crippen molar-refractivity contribution < 1.29 is 14.6 Å². The normalized spacial score (nSPS) is 27.5. The minimum atomic E-state index is 0.199. The maximum Gasteiger partial charge on any atom is 0.166 e. The fraction of sp³-hybridized carbons (Fsp3) is 0.585. The summed E-state index contributed by atoms with van der Waals surface area (Å²) in [6, 6.07) is 13.4. The number of aryl methyl sites for hydroxylation is 3. The van der Waals surface area contributed by atoms with Gasteiger partial charge >= 0.3 is 0 Å². The second-order valence-corrected chi connectivity index (χ2v) is 14.6. The molecule has 2 saturated carbocycles. The Hall–Kier alpha value is -2.65. The Balaban J connectivity index is 0.00000188. The standard InChI is InChI=1S/C40H52O2.CH4O/c1-27-13-14-30(24-27)25-36(33-16-18-37-34(26-33)11-7-23-42-37)31-10-6-12-35(17-15-31)40(4)21-19-32(20-22-40)39(41)38-28(2)8-5-9-29(38)3;1-2/h5,8-9,14,16,18,24,26,31-32,35-36H,6-7,10-13,15,17,19-23,25H2,1-4H3;2H,1H3. The van der Waals surface area contributed by atoms with Gasteiger partial charge in [0.05, 0.1) is 6.61 Å². The molecule has 6 rings (SSSR count). The van der Waals surface area contributed by atoms with Gasteiger partial charge in [0.15, 0.2) is 5.78 Å². The van der Waals surface area contributed by atoms with E-state index in [0.29, 0.717) is 17.1 Å². The number of allylic oxidation sites excluding steroid dienone is 4. The maximum absolute atomic E-state index is 13.6. The predicted octanol–water partition coefficient (Wildman–Crippen LogP) is 10.3. The smallest absolute Gasteiger partial charge is 0.166 e. The molecule has 0 saturated heterocycles. The Kier molecular flexibility index (Phi) is 10.9. The van der Waals surface area contributed by atoms with Gasteiger partial charge in [-0.15, -0.1) is 0 Å². The molecule has 0 aromatic heterocycles. The van der Waals surface area contributed by atoms with Crippen molar-refractivity contribution in [3.63, 3.8) is 0 Å². The first-order chi connectivity index (χ1) is 21.3. The lowest BCUT2D eigenvalue weighted by Crippen LogP contribution is -2.34. The second-order valence-electron chi connectivity index (χ2n) is 14.6. The molecule has 3 atom stereocenters. The van der Waals surface area contributed by atoms with E-state index in [1.165, 1.54) is 62.5 Å². The van der Waals surface area contributed by atoms with Crippen molar-refractivity contribution >= 4 is 5.78 Å². The number of carbonyl (C=O) groups excluding carboxylic acids is 1. The lowest BCUT2D eigenvalue weighted by atomic mass is 9.62. The van der Waals surface area contributed by atoms with E-state index in [4.69, 9.17) is 9.84 Å². The van der Waals surface area contributed by atoms with E-state index in [2.05, 4.69) is 76.2 Å². The number of aliphatic hydroxyl groups excluding tert-OH is 1. The van der Waals surface area contributed by atoms with E-state index in [9.17, 15) is 4.79 Å². The van der Waals surface area contributed by atoms with Crippen LogP contribution in [0.4, 0.5) is 0 Å². The number of benzene rings is 2. The summed E-state index contributed by atoms with van der Waals surface area (Å²) in [6.07, 6.45) is 20.7. The molecular weight excluding hydrogens is 540 g/mol. The van der Waals surface area contributed by atoms with Crippen LogP contribution in [-0.2, 0) is 6.42 Å². The van der Waals surface area contributed by atoms with E-state index in [-0.39, 0.29) is 5.92 Å². The van der Waals surface area contributed by atoms with Gasteiger partial charge in [-0.25, -0.2) is 0 Å². The van der Waals surface area contributed by atoms with E-state index >= 15 is 0 Å². The molecule has 3 unspecified atom stereocenters.